The number of aromatic nitrogens is 2. The van der Waals surface area contributed by atoms with Crippen LogP contribution < -0.4 is 10.5 Å². The number of rotatable bonds is 2. The van der Waals surface area contributed by atoms with E-state index in [1.165, 1.54) is 18.4 Å². The van der Waals surface area contributed by atoms with Crippen molar-refractivity contribution in [3.63, 3.8) is 0 Å². The van der Waals surface area contributed by atoms with Crippen molar-refractivity contribution in [2.45, 2.75) is 0 Å². The molecule has 1 aromatic carbocycles. The van der Waals surface area contributed by atoms with Gasteiger partial charge >= 0.3 is 0 Å². The lowest BCUT2D eigenvalue weighted by Crippen LogP contribution is -1.85. The third kappa shape index (κ3) is 1.71. The Hall–Kier alpha value is -1.82. The molecule has 0 amide bonds. The Morgan fingerprint density at radius 3 is 2.80 bits per heavy atom. The van der Waals surface area contributed by atoms with Crippen LogP contribution in [0.5, 0.6) is 11.5 Å². The molecule has 6 heteroatoms. The molecule has 1 aromatic heterocycles. The molecular weight excluding hydrogens is 214 g/mol. The first kappa shape index (κ1) is 9.72. The standard InChI is InChI=1S/C9H9N3O2S/c1-14-6-4-2-3-5(7(6)13)8-11-12-9(10)15-8/h2-4,13H,1H3,(H2,10,12). The number of anilines is 1. The lowest BCUT2D eigenvalue weighted by Gasteiger charge is -2.05. The molecule has 5 nitrogen and oxygen atoms in total. The summed E-state index contributed by atoms with van der Waals surface area (Å²) in [5.41, 5.74) is 6.04. The van der Waals surface area contributed by atoms with Crippen LogP contribution in [-0.4, -0.2) is 22.4 Å². The van der Waals surface area contributed by atoms with Gasteiger partial charge in [0, 0.05) is 0 Å². The molecule has 0 aliphatic carbocycles. The Labute approximate surface area is 90.1 Å². The Morgan fingerprint density at radius 2 is 2.20 bits per heavy atom. The number of hydrogen-bond donors (Lipinski definition) is 2. The summed E-state index contributed by atoms with van der Waals surface area (Å²) in [6.07, 6.45) is 0. The van der Waals surface area contributed by atoms with E-state index in [1.54, 1.807) is 18.2 Å². The van der Waals surface area contributed by atoms with Crippen LogP contribution in [0.2, 0.25) is 0 Å². The van der Waals surface area contributed by atoms with Crippen LogP contribution in [-0.2, 0) is 0 Å². The quantitative estimate of drug-likeness (QED) is 0.806. The second kappa shape index (κ2) is 3.74. The first-order valence-electron chi connectivity index (χ1n) is 4.17. The minimum Gasteiger partial charge on any atom is -0.504 e. The molecule has 0 fully saturated rings. The largest absolute Gasteiger partial charge is 0.504 e. The van der Waals surface area contributed by atoms with E-state index in [1.807, 2.05) is 0 Å². The maximum absolute atomic E-state index is 9.82. The van der Waals surface area contributed by atoms with Crippen molar-refractivity contribution in [3.8, 4) is 22.1 Å². The van der Waals surface area contributed by atoms with Gasteiger partial charge in [-0.2, -0.15) is 0 Å². The predicted molar refractivity (Wildman–Crippen MR) is 58.0 cm³/mol. The van der Waals surface area contributed by atoms with Gasteiger partial charge in [0.05, 0.1) is 12.7 Å². The molecule has 0 radical (unpaired) electrons. The summed E-state index contributed by atoms with van der Waals surface area (Å²) < 4.78 is 4.99. The summed E-state index contributed by atoms with van der Waals surface area (Å²) in [4.78, 5) is 0. The third-order valence-electron chi connectivity index (χ3n) is 1.89. The lowest BCUT2D eigenvalue weighted by molar-refractivity contribution is 0.374. The number of nitrogens with zero attached hydrogens (tertiary/aromatic N) is 2. The summed E-state index contributed by atoms with van der Waals surface area (Å²) in [5.74, 6) is 0.456. The molecule has 0 aliphatic rings. The maximum atomic E-state index is 9.82. The molecule has 1 heterocycles. The van der Waals surface area contributed by atoms with Crippen molar-refractivity contribution >= 4 is 16.5 Å². The van der Waals surface area contributed by atoms with E-state index in [-0.39, 0.29) is 5.75 Å². The fourth-order valence-electron chi connectivity index (χ4n) is 1.20. The molecule has 2 aromatic rings. The molecule has 0 aliphatic heterocycles. The average Bonchev–Trinajstić information content (AvgIpc) is 2.65. The minimum atomic E-state index is 0.0520. The van der Waals surface area contributed by atoms with E-state index in [9.17, 15) is 5.11 Å². The molecule has 0 bridgehead atoms. The van der Waals surface area contributed by atoms with Crippen molar-refractivity contribution in [2.75, 3.05) is 12.8 Å². The zero-order valence-corrected chi connectivity index (χ0v) is 8.78. The van der Waals surface area contributed by atoms with E-state index in [2.05, 4.69) is 10.2 Å². The van der Waals surface area contributed by atoms with Crippen LogP contribution in [0.25, 0.3) is 10.6 Å². The number of ether oxygens (including phenoxy) is 1. The van der Waals surface area contributed by atoms with Gasteiger partial charge in [-0.3, -0.25) is 0 Å². The topological polar surface area (TPSA) is 81.3 Å². The smallest absolute Gasteiger partial charge is 0.203 e. The summed E-state index contributed by atoms with van der Waals surface area (Å²) in [7, 11) is 1.49. The Kier molecular flexibility index (Phi) is 2.42. The summed E-state index contributed by atoms with van der Waals surface area (Å²) >= 11 is 1.21. The van der Waals surface area contributed by atoms with E-state index in [0.717, 1.165) is 0 Å². The number of methoxy groups -OCH3 is 1. The molecule has 3 N–H and O–H groups in total. The van der Waals surface area contributed by atoms with Gasteiger partial charge in [-0.25, -0.2) is 0 Å². The molecule has 2 rings (SSSR count). The second-order valence-electron chi connectivity index (χ2n) is 2.80. The number of para-hydroxylation sites is 1. The number of phenols is 1. The summed E-state index contributed by atoms with van der Waals surface area (Å²) in [6, 6.07) is 5.17. The number of benzene rings is 1. The predicted octanol–water partition coefficient (Wildman–Crippen LogP) is 1.50. The number of phenolic OH excluding ortho intramolecular Hbond substituents is 1. The number of nitrogens with two attached hydrogens (primary N) is 1. The maximum Gasteiger partial charge on any atom is 0.203 e. The minimum absolute atomic E-state index is 0.0520. The average molecular weight is 223 g/mol. The van der Waals surface area contributed by atoms with Crippen molar-refractivity contribution in [1.29, 1.82) is 0 Å². The molecule has 0 atom stereocenters. The highest BCUT2D eigenvalue weighted by molar-refractivity contribution is 7.18. The molecule has 0 spiro atoms. The summed E-state index contributed by atoms with van der Waals surface area (Å²) in [5, 5.41) is 18.3. The van der Waals surface area contributed by atoms with E-state index < -0.39 is 0 Å². The fraction of sp³-hybridized carbons (Fsp3) is 0.111. The zero-order valence-electron chi connectivity index (χ0n) is 7.97. The van der Waals surface area contributed by atoms with Gasteiger partial charge < -0.3 is 15.6 Å². The first-order chi connectivity index (χ1) is 7.22. The highest BCUT2D eigenvalue weighted by Crippen LogP contribution is 2.38. The number of aromatic hydroxyl groups is 1. The van der Waals surface area contributed by atoms with Crippen molar-refractivity contribution < 1.29 is 9.84 Å². The van der Waals surface area contributed by atoms with E-state index in [4.69, 9.17) is 10.5 Å². The Balaban J connectivity index is 2.53. The van der Waals surface area contributed by atoms with Crippen LogP contribution in [0.3, 0.4) is 0 Å². The SMILES string of the molecule is COc1cccc(-c2nnc(N)s2)c1O. The van der Waals surface area contributed by atoms with E-state index in [0.29, 0.717) is 21.5 Å². The molecular formula is C9H9N3O2S. The molecule has 78 valence electrons. The molecule has 0 saturated carbocycles. The van der Waals surface area contributed by atoms with Gasteiger partial charge in [0.2, 0.25) is 5.13 Å². The van der Waals surface area contributed by atoms with Gasteiger partial charge in [0.15, 0.2) is 16.5 Å². The third-order valence-corrected chi connectivity index (χ3v) is 2.68. The molecule has 15 heavy (non-hydrogen) atoms. The molecule has 0 saturated heterocycles. The van der Waals surface area contributed by atoms with Gasteiger partial charge in [-0.15, -0.1) is 10.2 Å². The Morgan fingerprint density at radius 1 is 1.40 bits per heavy atom. The van der Waals surface area contributed by atoms with Gasteiger partial charge in [0.1, 0.15) is 0 Å². The Bertz CT molecular complexity index is 484. The van der Waals surface area contributed by atoms with Crippen molar-refractivity contribution in [2.24, 2.45) is 0 Å². The normalized spacial score (nSPS) is 10.2. The highest BCUT2D eigenvalue weighted by Gasteiger charge is 2.12. The van der Waals surface area contributed by atoms with Crippen LogP contribution in [0, 0.1) is 0 Å². The monoisotopic (exact) mass is 223 g/mol. The lowest BCUT2D eigenvalue weighted by atomic mass is 10.2. The molecule has 0 unspecified atom stereocenters. The van der Waals surface area contributed by atoms with Gasteiger partial charge in [0.25, 0.3) is 0 Å². The first-order valence-corrected chi connectivity index (χ1v) is 4.99. The van der Waals surface area contributed by atoms with Gasteiger partial charge in [-0.1, -0.05) is 17.4 Å². The van der Waals surface area contributed by atoms with Crippen LogP contribution in [0.15, 0.2) is 18.2 Å². The van der Waals surface area contributed by atoms with Gasteiger partial charge in [-0.05, 0) is 12.1 Å². The summed E-state index contributed by atoms with van der Waals surface area (Å²) in [6.45, 7) is 0. The van der Waals surface area contributed by atoms with Crippen LogP contribution >= 0.6 is 11.3 Å². The second-order valence-corrected chi connectivity index (χ2v) is 3.81. The van der Waals surface area contributed by atoms with Crippen LogP contribution in [0.4, 0.5) is 5.13 Å². The van der Waals surface area contributed by atoms with Crippen molar-refractivity contribution in [3.05, 3.63) is 18.2 Å². The number of nitrogen functional groups attached to an aromatic ring is 1. The van der Waals surface area contributed by atoms with E-state index >= 15 is 0 Å². The fourth-order valence-corrected chi connectivity index (χ4v) is 1.84. The highest BCUT2D eigenvalue weighted by atomic mass is 32.1. The number of hydrogen-bond acceptors (Lipinski definition) is 6. The van der Waals surface area contributed by atoms with Crippen LogP contribution in [0.1, 0.15) is 0 Å². The zero-order chi connectivity index (χ0) is 10.8. The van der Waals surface area contributed by atoms with Crippen molar-refractivity contribution in [1.82, 2.24) is 10.2 Å².